The van der Waals surface area contributed by atoms with Crippen LogP contribution >= 0.6 is 0 Å². The number of fused-ring (bicyclic) bond motifs is 2. The van der Waals surface area contributed by atoms with Crippen molar-refractivity contribution in [3.05, 3.63) is 83.4 Å². The Morgan fingerprint density at radius 1 is 0.818 bits per heavy atom. The van der Waals surface area contributed by atoms with Gasteiger partial charge in [0.25, 0.3) is 0 Å². The molecule has 0 saturated heterocycles. The molecular weight excluding hydrogens is 264 g/mol. The van der Waals surface area contributed by atoms with Crippen LogP contribution in [0.25, 0.3) is 10.8 Å². The second kappa shape index (κ2) is 5.96. The minimum Gasteiger partial charge on any atom is -0.0622 e. The molecule has 22 heavy (non-hydrogen) atoms. The summed E-state index contributed by atoms with van der Waals surface area (Å²) in [5.74, 6) is 0.767. The summed E-state index contributed by atoms with van der Waals surface area (Å²) in [6.45, 7) is 0. The van der Waals surface area contributed by atoms with E-state index in [1.54, 1.807) is 11.1 Å². The molecule has 3 aromatic carbocycles. The van der Waals surface area contributed by atoms with Crippen molar-refractivity contribution in [3.8, 4) is 0 Å². The SMILES string of the molecule is c1ccc(CCC[C@H]2CCc3cc4ccccc4cc32)cc1. The molecule has 0 spiro atoms. The highest BCUT2D eigenvalue weighted by atomic mass is 14.3. The van der Waals surface area contributed by atoms with E-state index in [2.05, 4.69) is 66.7 Å². The third kappa shape index (κ3) is 2.66. The second-order valence-corrected chi connectivity index (χ2v) is 6.51. The van der Waals surface area contributed by atoms with Crippen molar-refractivity contribution in [3.63, 3.8) is 0 Å². The molecular formula is C22H22. The first-order chi connectivity index (χ1) is 10.9. The summed E-state index contributed by atoms with van der Waals surface area (Å²) >= 11 is 0. The van der Waals surface area contributed by atoms with E-state index < -0.39 is 0 Å². The van der Waals surface area contributed by atoms with Gasteiger partial charge in [-0.2, -0.15) is 0 Å². The lowest BCUT2D eigenvalue weighted by Crippen LogP contribution is -1.95. The van der Waals surface area contributed by atoms with Crippen molar-refractivity contribution in [2.24, 2.45) is 0 Å². The molecule has 0 nitrogen and oxygen atoms in total. The highest BCUT2D eigenvalue weighted by Crippen LogP contribution is 2.38. The molecule has 3 aromatic rings. The van der Waals surface area contributed by atoms with Crippen molar-refractivity contribution >= 4 is 10.8 Å². The normalized spacial score (nSPS) is 16.8. The van der Waals surface area contributed by atoms with Gasteiger partial charge in [0.05, 0.1) is 0 Å². The van der Waals surface area contributed by atoms with Crippen LogP contribution in [-0.2, 0) is 12.8 Å². The number of benzene rings is 3. The Hall–Kier alpha value is -2.08. The Bertz CT molecular complexity index is 770. The van der Waals surface area contributed by atoms with E-state index in [1.807, 2.05) is 0 Å². The molecule has 0 saturated carbocycles. The van der Waals surface area contributed by atoms with E-state index in [1.165, 1.54) is 48.4 Å². The summed E-state index contributed by atoms with van der Waals surface area (Å²) < 4.78 is 0. The molecule has 0 aliphatic heterocycles. The van der Waals surface area contributed by atoms with E-state index in [-0.39, 0.29) is 0 Å². The third-order valence-electron chi connectivity index (χ3n) is 5.07. The van der Waals surface area contributed by atoms with Gasteiger partial charge in [-0.3, -0.25) is 0 Å². The topological polar surface area (TPSA) is 0 Å². The molecule has 1 atom stereocenters. The predicted octanol–water partition coefficient (Wildman–Crippen LogP) is 5.89. The van der Waals surface area contributed by atoms with Gasteiger partial charge < -0.3 is 0 Å². The van der Waals surface area contributed by atoms with E-state index >= 15 is 0 Å². The lowest BCUT2D eigenvalue weighted by Gasteiger charge is -2.12. The van der Waals surface area contributed by atoms with E-state index in [0.29, 0.717) is 0 Å². The van der Waals surface area contributed by atoms with Crippen LogP contribution in [0.2, 0.25) is 0 Å². The van der Waals surface area contributed by atoms with Crippen LogP contribution in [0, 0.1) is 0 Å². The third-order valence-corrected chi connectivity index (χ3v) is 5.07. The first kappa shape index (κ1) is 13.6. The summed E-state index contributed by atoms with van der Waals surface area (Å²) in [4.78, 5) is 0. The molecule has 0 heterocycles. The van der Waals surface area contributed by atoms with Crippen LogP contribution in [0.5, 0.6) is 0 Å². The van der Waals surface area contributed by atoms with Crippen LogP contribution < -0.4 is 0 Å². The van der Waals surface area contributed by atoms with Crippen LogP contribution in [-0.4, -0.2) is 0 Å². The zero-order chi connectivity index (χ0) is 14.8. The summed E-state index contributed by atoms with van der Waals surface area (Å²) in [6, 6.07) is 24.5. The fourth-order valence-electron chi connectivity index (χ4n) is 3.88. The first-order valence-corrected chi connectivity index (χ1v) is 8.46. The number of hydrogen-bond donors (Lipinski definition) is 0. The van der Waals surface area contributed by atoms with E-state index in [0.717, 1.165) is 5.92 Å². The standard InChI is InChI=1S/C22H22/c1-2-7-17(8-3-1)9-6-12-18-13-14-21-15-19-10-4-5-11-20(19)16-22(18)21/h1-5,7-8,10-11,15-16,18H,6,9,12-14H2/t18-/m0/s1. The van der Waals surface area contributed by atoms with E-state index in [4.69, 9.17) is 0 Å². The molecule has 0 aromatic heterocycles. The van der Waals surface area contributed by atoms with Crippen LogP contribution in [0.4, 0.5) is 0 Å². The predicted molar refractivity (Wildman–Crippen MR) is 94.4 cm³/mol. The summed E-state index contributed by atoms with van der Waals surface area (Å²) in [5, 5.41) is 2.79. The van der Waals surface area contributed by atoms with Gasteiger partial charge in [0, 0.05) is 0 Å². The maximum absolute atomic E-state index is 2.45. The average Bonchev–Trinajstić information content (AvgIpc) is 2.96. The first-order valence-electron chi connectivity index (χ1n) is 8.46. The van der Waals surface area contributed by atoms with Gasteiger partial charge in [0.1, 0.15) is 0 Å². The maximum atomic E-state index is 2.45. The zero-order valence-electron chi connectivity index (χ0n) is 13.0. The van der Waals surface area contributed by atoms with Gasteiger partial charge in [0.15, 0.2) is 0 Å². The minimum absolute atomic E-state index is 0.767. The molecule has 4 rings (SSSR count). The number of hydrogen-bond acceptors (Lipinski definition) is 0. The van der Waals surface area contributed by atoms with Crippen LogP contribution in [0.3, 0.4) is 0 Å². The Labute approximate surface area is 132 Å². The molecule has 0 heteroatoms. The molecule has 0 bridgehead atoms. The van der Waals surface area contributed by atoms with Crippen LogP contribution in [0.15, 0.2) is 66.7 Å². The summed E-state index contributed by atoms with van der Waals surface area (Å²) in [7, 11) is 0. The maximum Gasteiger partial charge on any atom is -0.0156 e. The molecule has 0 unspecified atom stereocenters. The van der Waals surface area contributed by atoms with Gasteiger partial charge in [-0.15, -0.1) is 0 Å². The Balaban J connectivity index is 1.48. The quantitative estimate of drug-likeness (QED) is 0.560. The van der Waals surface area contributed by atoms with Crippen molar-refractivity contribution in [2.75, 3.05) is 0 Å². The van der Waals surface area contributed by atoms with Gasteiger partial charge >= 0.3 is 0 Å². The highest BCUT2D eigenvalue weighted by Gasteiger charge is 2.22. The largest absolute Gasteiger partial charge is 0.0622 e. The lowest BCUT2D eigenvalue weighted by atomic mass is 9.92. The van der Waals surface area contributed by atoms with Crippen molar-refractivity contribution in [1.82, 2.24) is 0 Å². The van der Waals surface area contributed by atoms with Gasteiger partial charge in [-0.05, 0) is 65.5 Å². The molecule has 0 radical (unpaired) electrons. The number of aryl methyl sites for hydroxylation is 2. The smallest absolute Gasteiger partial charge is 0.0156 e. The fraction of sp³-hybridized carbons (Fsp3) is 0.273. The molecule has 110 valence electrons. The molecule has 0 amide bonds. The van der Waals surface area contributed by atoms with Gasteiger partial charge in [0.2, 0.25) is 0 Å². The fourth-order valence-corrected chi connectivity index (χ4v) is 3.88. The lowest BCUT2D eigenvalue weighted by molar-refractivity contribution is 0.587. The highest BCUT2D eigenvalue weighted by molar-refractivity contribution is 5.84. The van der Waals surface area contributed by atoms with Crippen LogP contribution in [0.1, 0.15) is 41.9 Å². The molecule has 0 fully saturated rings. The zero-order valence-corrected chi connectivity index (χ0v) is 13.0. The van der Waals surface area contributed by atoms with Crippen molar-refractivity contribution < 1.29 is 0 Å². The second-order valence-electron chi connectivity index (χ2n) is 6.51. The van der Waals surface area contributed by atoms with Gasteiger partial charge in [-0.25, -0.2) is 0 Å². The molecule has 0 N–H and O–H groups in total. The van der Waals surface area contributed by atoms with Gasteiger partial charge in [-0.1, -0.05) is 66.7 Å². The monoisotopic (exact) mass is 286 g/mol. The van der Waals surface area contributed by atoms with E-state index in [9.17, 15) is 0 Å². The van der Waals surface area contributed by atoms with Crippen molar-refractivity contribution in [2.45, 2.75) is 38.0 Å². The minimum atomic E-state index is 0.767. The number of rotatable bonds is 4. The summed E-state index contributed by atoms with van der Waals surface area (Å²) in [6.07, 6.45) is 6.41. The Morgan fingerprint density at radius 2 is 1.55 bits per heavy atom. The van der Waals surface area contributed by atoms with Crippen molar-refractivity contribution in [1.29, 1.82) is 0 Å². The Kier molecular flexibility index (Phi) is 3.68. The summed E-state index contributed by atoms with van der Waals surface area (Å²) in [5.41, 5.74) is 4.68. The molecule has 1 aliphatic carbocycles. The molecule has 1 aliphatic rings. The Morgan fingerprint density at radius 3 is 2.36 bits per heavy atom. The average molecular weight is 286 g/mol.